The third-order valence-electron chi connectivity index (χ3n) is 0.433. The van der Waals surface area contributed by atoms with Gasteiger partial charge in [-0.1, -0.05) is 13.1 Å². The quantitative estimate of drug-likeness (QED) is 0.313. The topological polar surface area (TPSA) is 0 Å². The third kappa shape index (κ3) is 3.78. The molecule has 0 bridgehead atoms. The van der Waals surface area contributed by atoms with Crippen LogP contribution in [0.1, 0.15) is 6.92 Å². The summed E-state index contributed by atoms with van der Waals surface area (Å²) in [7, 11) is -0.532. The van der Waals surface area contributed by atoms with Gasteiger partial charge in [-0.15, -0.1) is 11.5 Å². The highest BCUT2D eigenvalue weighted by atomic mass is 28.3. The Hall–Kier alpha value is -0.223. The summed E-state index contributed by atoms with van der Waals surface area (Å²) in [4.78, 5) is 0. The van der Waals surface area contributed by atoms with Crippen LogP contribution in [0.4, 0.5) is 0 Å². The van der Waals surface area contributed by atoms with E-state index in [4.69, 9.17) is 0 Å². The fraction of sp³-hybridized carbons (Fsp3) is 0.600. The highest BCUT2D eigenvalue weighted by molar-refractivity contribution is 6.64. The number of hydrogen-bond donors (Lipinski definition) is 0. The molecule has 0 heterocycles. The smallest absolute Gasteiger partial charge is 0.116 e. The zero-order chi connectivity index (χ0) is 4.99. The highest BCUT2D eigenvalue weighted by Gasteiger charge is 1.79. The molecule has 0 atom stereocenters. The first-order chi connectivity index (χ1) is 2.77. The van der Waals surface area contributed by atoms with E-state index in [-0.39, 0.29) is 0 Å². The Morgan fingerprint density at radius 2 is 1.83 bits per heavy atom. The van der Waals surface area contributed by atoms with Crippen molar-refractivity contribution in [1.82, 2.24) is 0 Å². The van der Waals surface area contributed by atoms with Crippen molar-refractivity contribution in [3.05, 3.63) is 0 Å². The van der Waals surface area contributed by atoms with E-state index in [2.05, 4.69) is 24.6 Å². The summed E-state index contributed by atoms with van der Waals surface area (Å²) in [5.41, 5.74) is 3.10. The molecule has 0 saturated carbocycles. The molecule has 1 heteroatoms. The SMILES string of the molecule is CC#C[SiH](C)C. The van der Waals surface area contributed by atoms with E-state index < -0.39 is 8.80 Å². The van der Waals surface area contributed by atoms with Crippen LogP contribution in [0.15, 0.2) is 0 Å². The molecule has 0 unspecified atom stereocenters. The summed E-state index contributed by atoms with van der Waals surface area (Å²) >= 11 is 0. The van der Waals surface area contributed by atoms with Crippen molar-refractivity contribution in [3.8, 4) is 11.5 Å². The van der Waals surface area contributed by atoms with Gasteiger partial charge < -0.3 is 0 Å². The molecule has 0 N–H and O–H groups in total. The van der Waals surface area contributed by atoms with Crippen molar-refractivity contribution in [2.45, 2.75) is 20.0 Å². The summed E-state index contributed by atoms with van der Waals surface area (Å²) in [5.74, 6) is 2.88. The Kier molecular flexibility index (Phi) is 2.88. The Balaban J connectivity index is 3.20. The van der Waals surface area contributed by atoms with Gasteiger partial charge in [0.05, 0.1) is 0 Å². The van der Waals surface area contributed by atoms with Gasteiger partial charge in [0.1, 0.15) is 8.80 Å². The lowest BCUT2D eigenvalue weighted by Gasteiger charge is -1.78. The van der Waals surface area contributed by atoms with Crippen molar-refractivity contribution in [1.29, 1.82) is 0 Å². The average Bonchev–Trinajstić information content (AvgIpc) is 1.35. The molecule has 0 saturated heterocycles. The summed E-state index contributed by atoms with van der Waals surface area (Å²) in [5, 5.41) is 0. The molecular weight excluding hydrogens is 88.1 g/mol. The molecule has 0 aliphatic carbocycles. The first-order valence-electron chi connectivity index (χ1n) is 2.19. The Morgan fingerprint density at radius 3 is 1.83 bits per heavy atom. The normalized spacial score (nSPS) is 7.33. The monoisotopic (exact) mass is 98.1 g/mol. The van der Waals surface area contributed by atoms with Crippen LogP contribution >= 0.6 is 0 Å². The Bertz CT molecular complexity index is 73.7. The number of rotatable bonds is 0. The lowest BCUT2D eigenvalue weighted by Crippen LogP contribution is -1.91. The lowest BCUT2D eigenvalue weighted by molar-refractivity contribution is 1.91. The Morgan fingerprint density at radius 1 is 1.33 bits per heavy atom. The predicted molar refractivity (Wildman–Crippen MR) is 32.3 cm³/mol. The molecule has 0 aliphatic heterocycles. The second-order valence-electron chi connectivity index (χ2n) is 1.55. The van der Waals surface area contributed by atoms with E-state index in [0.717, 1.165) is 0 Å². The second kappa shape index (κ2) is 2.99. The molecule has 0 spiro atoms. The molecule has 0 rings (SSSR count). The van der Waals surface area contributed by atoms with Crippen LogP contribution in [0.3, 0.4) is 0 Å². The zero-order valence-corrected chi connectivity index (χ0v) is 5.73. The van der Waals surface area contributed by atoms with Crippen molar-refractivity contribution in [2.75, 3.05) is 0 Å². The van der Waals surface area contributed by atoms with Gasteiger partial charge >= 0.3 is 0 Å². The van der Waals surface area contributed by atoms with E-state index in [1.165, 1.54) is 0 Å². The first kappa shape index (κ1) is 5.78. The molecule has 6 heavy (non-hydrogen) atoms. The van der Waals surface area contributed by atoms with Gasteiger partial charge in [0.25, 0.3) is 0 Å². The minimum atomic E-state index is -0.532. The molecule has 0 aliphatic rings. The first-order valence-corrected chi connectivity index (χ1v) is 5.08. The molecule has 0 amide bonds. The van der Waals surface area contributed by atoms with E-state index in [1.807, 2.05) is 6.92 Å². The Labute approximate surface area is 41.2 Å². The molecule has 0 aromatic rings. The summed E-state index contributed by atoms with van der Waals surface area (Å²) in [6.45, 7) is 6.33. The minimum absolute atomic E-state index is 0.532. The van der Waals surface area contributed by atoms with Gasteiger partial charge in [0.15, 0.2) is 0 Å². The zero-order valence-electron chi connectivity index (χ0n) is 4.58. The maximum atomic E-state index is 3.10. The van der Waals surface area contributed by atoms with Crippen LogP contribution < -0.4 is 0 Å². The fourth-order valence-electron chi connectivity index (χ4n) is 0.289. The highest BCUT2D eigenvalue weighted by Crippen LogP contribution is 1.70. The molecule has 0 nitrogen and oxygen atoms in total. The molecule has 0 radical (unpaired) electrons. The van der Waals surface area contributed by atoms with Gasteiger partial charge in [-0.3, -0.25) is 0 Å². The van der Waals surface area contributed by atoms with Crippen molar-refractivity contribution < 1.29 is 0 Å². The van der Waals surface area contributed by atoms with Crippen LogP contribution in [0.2, 0.25) is 13.1 Å². The molecule has 0 aromatic heterocycles. The lowest BCUT2D eigenvalue weighted by atomic mass is 10.8. The van der Waals surface area contributed by atoms with Crippen LogP contribution in [0, 0.1) is 11.5 Å². The van der Waals surface area contributed by atoms with Gasteiger partial charge in [-0.05, 0) is 6.92 Å². The number of hydrogen-bond acceptors (Lipinski definition) is 0. The van der Waals surface area contributed by atoms with Gasteiger partial charge in [-0.25, -0.2) is 0 Å². The summed E-state index contributed by atoms with van der Waals surface area (Å²) in [6.07, 6.45) is 0. The fourth-order valence-corrected chi connectivity index (χ4v) is 0.866. The maximum absolute atomic E-state index is 3.10. The van der Waals surface area contributed by atoms with E-state index in [9.17, 15) is 0 Å². The van der Waals surface area contributed by atoms with Gasteiger partial charge in [0.2, 0.25) is 0 Å². The van der Waals surface area contributed by atoms with E-state index in [0.29, 0.717) is 0 Å². The van der Waals surface area contributed by atoms with Crippen LogP contribution in [-0.2, 0) is 0 Å². The molecule has 0 fully saturated rings. The van der Waals surface area contributed by atoms with Gasteiger partial charge in [0, 0.05) is 0 Å². The van der Waals surface area contributed by atoms with Crippen LogP contribution in [0.25, 0.3) is 0 Å². The van der Waals surface area contributed by atoms with Crippen molar-refractivity contribution >= 4 is 8.80 Å². The van der Waals surface area contributed by atoms with Crippen LogP contribution in [0.5, 0.6) is 0 Å². The molecule has 34 valence electrons. The van der Waals surface area contributed by atoms with Gasteiger partial charge in [-0.2, -0.15) is 0 Å². The van der Waals surface area contributed by atoms with Crippen molar-refractivity contribution in [2.24, 2.45) is 0 Å². The van der Waals surface area contributed by atoms with Crippen LogP contribution in [-0.4, -0.2) is 8.80 Å². The largest absolute Gasteiger partial charge is 0.136 e. The predicted octanol–water partition coefficient (Wildman–Crippen LogP) is 1.04. The van der Waals surface area contributed by atoms with E-state index >= 15 is 0 Å². The maximum Gasteiger partial charge on any atom is 0.116 e. The summed E-state index contributed by atoms with van der Waals surface area (Å²) < 4.78 is 0. The van der Waals surface area contributed by atoms with Crippen molar-refractivity contribution in [3.63, 3.8) is 0 Å². The molecule has 0 aromatic carbocycles. The second-order valence-corrected chi connectivity index (χ2v) is 4.15. The molecular formula is C5H10Si. The summed E-state index contributed by atoms with van der Waals surface area (Å²) in [6, 6.07) is 0. The average molecular weight is 98.2 g/mol. The third-order valence-corrected chi connectivity index (χ3v) is 1.30. The minimum Gasteiger partial charge on any atom is -0.136 e. The standard InChI is InChI=1S/C5H10Si/c1-4-5-6(2)3/h6H,1-3H3. The van der Waals surface area contributed by atoms with E-state index in [1.54, 1.807) is 0 Å².